The number of rotatable bonds is 5. The second kappa shape index (κ2) is 8.97. The number of hydrogen-bond donors (Lipinski definition) is 1. The molecule has 0 saturated carbocycles. The predicted molar refractivity (Wildman–Crippen MR) is 108 cm³/mol. The van der Waals surface area contributed by atoms with Crippen molar-refractivity contribution in [3.8, 4) is 0 Å². The van der Waals surface area contributed by atoms with Gasteiger partial charge in [-0.2, -0.15) is 13.2 Å². The number of halogens is 4. The first-order chi connectivity index (χ1) is 14.6. The highest BCUT2D eigenvalue weighted by Crippen LogP contribution is 2.36. The summed E-state index contributed by atoms with van der Waals surface area (Å²) in [5, 5.41) is 1.98. The number of alkyl halides is 3. The number of hydrogen-bond acceptors (Lipinski definition) is 4. The molecule has 0 aliphatic carbocycles. The van der Waals surface area contributed by atoms with Crippen molar-refractivity contribution in [3.63, 3.8) is 0 Å². The lowest BCUT2D eigenvalue weighted by atomic mass is 10.1. The van der Waals surface area contributed by atoms with E-state index in [1.165, 1.54) is 25.1 Å². The van der Waals surface area contributed by atoms with Crippen LogP contribution in [0.15, 0.2) is 42.5 Å². The van der Waals surface area contributed by atoms with Crippen molar-refractivity contribution >= 4 is 40.8 Å². The molecular formula is C21H18ClF3N2O4. The molecule has 3 rings (SSSR count). The molecule has 10 heteroatoms. The van der Waals surface area contributed by atoms with Crippen molar-refractivity contribution < 1.29 is 32.3 Å². The van der Waals surface area contributed by atoms with Gasteiger partial charge in [-0.25, -0.2) is 4.79 Å². The summed E-state index contributed by atoms with van der Waals surface area (Å²) in [7, 11) is 0. The fraction of sp³-hybridized carbons (Fsp3) is 0.286. The molecule has 0 bridgehead atoms. The van der Waals surface area contributed by atoms with E-state index in [1.54, 1.807) is 17.0 Å². The van der Waals surface area contributed by atoms with Crippen LogP contribution in [0.25, 0.3) is 0 Å². The summed E-state index contributed by atoms with van der Waals surface area (Å²) < 4.78 is 44.5. The number of benzene rings is 2. The van der Waals surface area contributed by atoms with Gasteiger partial charge in [0.1, 0.15) is 0 Å². The third kappa shape index (κ3) is 5.35. The van der Waals surface area contributed by atoms with Crippen molar-refractivity contribution in [2.45, 2.75) is 32.0 Å². The minimum Gasteiger partial charge on any atom is -0.449 e. The summed E-state index contributed by atoms with van der Waals surface area (Å²) in [5.41, 5.74) is -0.826. The second-order valence-electron chi connectivity index (χ2n) is 6.92. The third-order valence-electron chi connectivity index (χ3n) is 4.69. The lowest BCUT2D eigenvalue weighted by Gasteiger charge is -2.18. The molecule has 1 atom stereocenters. The van der Waals surface area contributed by atoms with Crippen molar-refractivity contribution in [1.82, 2.24) is 0 Å². The number of nitrogens with one attached hydrogen (secondary N) is 1. The van der Waals surface area contributed by atoms with Crippen LogP contribution in [0.3, 0.4) is 0 Å². The van der Waals surface area contributed by atoms with Crippen LogP contribution in [0.2, 0.25) is 5.02 Å². The van der Waals surface area contributed by atoms with E-state index < -0.39 is 35.4 Å². The van der Waals surface area contributed by atoms with Gasteiger partial charge in [-0.3, -0.25) is 9.59 Å². The van der Waals surface area contributed by atoms with E-state index in [-0.39, 0.29) is 16.5 Å². The highest BCUT2D eigenvalue weighted by molar-refractivity contribution is 6.30. The Hall–Kier alpha value is -3.07. The summed E-state index contributed by atoms with van der Waals surface area (Å²) in [6.45, 7) is 1.85. The van der Waals surface area contributed by atoms with E-state index in [2.05, 4.69) is 5.32 Å². The Balaban J connectivity index is 1.65. The van der Waals surface area contributed by atoms with Crippen LogP contribution in [0.1, 0.15) is 35.7 Å². The van der Waals surface area contributed by atoms with Gasteiger partial charge >= 0.3 is 12.1 Å². The van der Waals surface area contributed by atoms with E-state index in [9.17, 15) is 27.6 Å². The fourth-order valence-electron chi connectivity index (χ4n) is 3.08. The molecule has 1 aliphatic rings. The van der Waals surface area contributed by atoms with Crippen molar-refractivity contribution in [1.29, 1.82) is 0 Å². The molecule has 1 unspecified atom stereocenters. The first kappa shape index (κ1) is 22.6. The molecule has 1 aliphatic heterocycles. The number of nitrogens with zero attached hydrogens (tertiary/aromatic N) is 1. The minimum atomic E-state index is -4.73. The standard InChI is InChI=1S/C21H18ClF3N2O4/c1-12(19(29)26-17-9-6-14(22)11-16(17)21(23,24)25)31-20(30)13-4-7-15(8-5-13)27-10-2-3-18(27)28/h4-9,11-12H,2-3,10H2,1H3,(H,26,29). The van der Waals surface area contributed by atoms with Crippen molar-refractivity contribution in [3.05, 3.63) is 58.6 Å². The summed E-state index contributed by atoms with van der Waals surface area (Å²) >= 11 is 5.62. The monoisotopic (exact) mass is 454 g/mol. The van der Waals surface area contributed by atoms with E-state index >= 15 is 0 Å². The zero-order valence-electron chi connectivity index (χ0n) is 16.3. The van der Waals surface area contributed by atoms with Crippen LogP contribution in [-0.4, -0.2) is 30.4 Å². The van der Waals surface area contributed by atoms with Gasteiger partial charge in [0.15, 0.2) is 6.10 Å². The van der Waals surface area contributed by atoms with Gasteiger partial charge in [0.05, 0.1) is 16.8 Å². The summed E-state index contributed by atoms with van der Waals surface area (Å²) in [4.78, 5) is 38.0. The number of amides is 2. The third-order valence-corrected chi connectivity index (χ3v) is 4.92. The van der Waals surface area contributed by atoms with Gasteiger partial charge in [0.25, 0.3) is 5.91 Å². The normalized spacial score (nSPS) is 15.0. The highest BCUT2D eigenvalue weighted by Gasteiger charge is 2.34. The van der Waals surface area contributed by atoms with E-state index in [1.807, 2.05) is 0 Å². The first-order valence-electron chi connectivity index (χ1n) is 9.35. The van der Waals surface area contributed by atoms with Gasteiger partial charge in [-0.1, -0.05) is 11.6 Å². The molecule has 1 heterocycles. The number of carbonyl (C=O) groups excluding carboxylic acids is 3. The zero-order chi connectivity index (χ0) is 22.8. The van der Waals surface area contributed by atoms with Gasteiger partial charge in [-0.15, -0.1) is 0 Å². The number of ether oxygens (including phenoxy) is 1. The maximum atomic E-state index is 13.2. The quantitative estimate of drug-likeness (QED) is 0.666. The summed E-state index contributed by atoms with van der Waals surface area (Å²) in [6, 6.07) is 9.01. The van der Waals surface area contributed by atoms with Crippen LogP contribution in [0.4, 0.5) is 24.5 Å². The summed E-state index contributed by atoms with van der Waals surface area (Å²) in [5.74, 6) is -1.75. The minimum absolute atomic E-state index is 0.000968. The lowest BCUT2D eigenvalue weighted by Crippen LogP contribution is -2.30. The van der Waals surface area contributed by atoms with Gasteiger partial charge < -0.3 is 15.0 Å². The Bertz CT molecular complexity index is 1010. The Morgan fingerprint density at radius 3 is 2.42 bits per heavy atom. The smallest absolute Gasteiger partial charge is 0.418 e. The Morgan fingerprint density at radius 2 is 1.84 bits per heavy atom. The van der Waals surface area contributed by atoms with E-state index in [0.717, 1.165) is 12.5 Å². The molecular weight excluding hydrogens is 437 g/mol. The Morgan fingerprint density at radius 1 is 1.16 bits per heavy atom. The lowest BCUT2D eigenvalue weighted by molar-refractivity contribution is -0.137. The number of carbonyl (C=O) groups is 3. The SMILES string of the molecule is CC(OC(=O)c1ccc(N2CCCC2=O)cc1)C(=O)Nc1ccc(Cl)cc1C(F)(F)F. The number of anilines is 2. The maximum Gasteiger partial charge on any atom is 0.418 e. The van der Waals surface area contributed by atoms with Crippen molar-refractivity contribution in [2.24, 2.45) is 0 Å². The van der Waals surface area contributed by atoms with Crippen LogP contribution in [0.5, 0.6) is 0 Å². The Kier molecular flexibility index (Phi) is 6.54. The predicted octanol–water partition coefficient (Wildman–Crippen LogP) is 4.67. The highest BCUT2D eigenvalue weighted by atomic mass is 35.5. The number of esters is 1. The summed E-state index contributed by atoms with van der Waals surface area (Å²) in [6.07, 6.45) is -4.85. The van der Waals surface area contributed by atoms with Crippen molar-refractivity contribution in [2.75, 3.05) is 16.8 Å². The topological polar surface area (TPSA) is 75.7 Å². The molecule has 2 amide bonds. The fourth-order valence-corrected chi connectivity index (χ4v) is 3.25. The maximum absolute atomic E-state index is 13.2. The molecule has 31 heavy (non-hydrogen) atoms. The molecule has 2 aromatic rings. The van der Waals surface area contributed by atoms with Crippen LogP contribution in [0, 0.1) is 0 Å². The average Bonchev–Trinajstić information content (AvgIpc) is 3.14. The van der Waals surface area contributed by atoms with Crippen LogP contribution >= 0.6 is 11.6 Å². The molecule has 1 saturated heterocycles. The average molecular weight is 455 g/mol. The van der Waals surface area contributed by atoms with E-state index in [0.29, 0.717) is 24.7 Å². The first-order valence-corrected chi connectivity index (χ1v) is 9.73. The second-order valence-corrected chi connectivity index (χ2v) is 7.36. The molecule has 164 valence electrons. The molecule has 0 radical (unpaired) electrons. The molecule has 6 nitrogen and oxygen atoms in total. The molecule has 0 spiro atoms. The van der Waals surface area contributed by atoms with Gasteiger partial charge in [0, 0.05) is 23.7 Å². The molecule has 0 aromatic heterocycles. The van der Waals surface area contributed by atoms with E-state index in [4.69, 9.17) is 16.3 Å². The van der Waals surface area contributed by atoms with Crippen LogP contribution < -0.4 is 10.2 Å². The Labute approximate surface area is 180 Å². The largest absolute Gasteiger partial charge is 0.449 e. The zero-order valence-corrected chi connectivity index (χ0v) is 17.1. The molecule has 1 fully saturated rings. The van der Waals surface area contributed by atoms with Crippen LogP contribution in [-0.2, 0) is 20.5 Å². The molecule has 1 N–H and O–H groups in total. The molecule has 2 aromatic carbocycles. The van der Waals surface area contributed by atoms with Gasteiger partial charge in [0.2, 0.25) is 5.91 Å². The van der Waals surface area contributed by atoms with Gasteiger partial charge in [-0.05, 0) is 55.8 Å².